The highest BCUT2D eigenvalue weighted by molar-refractivity contribution is 4.90. The highest BCUT2D eigenvalue weighted by Gasteiger charge is 2.15. The molecule has 63 heavy (non-hydrogen) atoms. The molecule has 2 unspecified atom stereocenters. The van der Waals surface area contributed by atoms with Crippen molar-refractivity contribution in [3.63, 3.8) is 0 Å². The molecule has 0 saturated carbocycles. The summed E-state index contributed by atoms with van der Waals surface area (Å²) in [7, 11) is 0. The van der Waals surface area contributed by atoms with Gasteiger partial charge in [-0.3, -0.25) is 0 Å². The van der Waals surface area contributed by atoms with Gasteiger partial charge in [0.15, 0.2) is 25.2 Å². The van der Waals surface area contributed by atoms with E-state index < -0.39 is 12.6 Å². The first-order chi connectivity index (χ1) is 31.1. The number of rotatable bonds is 54. The molecule has 0 aliphatic rings. The van der Waals surface area contributed by atoms with Crippen molar-refractivity contribution in [1.82, 2.24) is 0 Å². The standard InChI is InChI=1S/C56H110O7/c1-7-13-19-25-31-41-51-61-55(45-35-29-27-33-43-53(57-47-37-21-15-9-3)58-48-38-22-16-10-4)63-56(62-52-42-32-26-20-14-8-2)46-36-30-28-34-44-54(59-49-39-23-17-11-5)60-50-40-24-18-12-6/h35-36,45-46,53-56H,7-34,37-44,47-52H2,1-6H3. The summed E-state index contributed by atoms with van der Waals surface area (Å²) in [6.07, 6.45) is 50.2. The van der Waals surface area contributed by atoms with Crippen molar-refractivity contribution < 1.29 is 33.2 Å². The van der Waals surface area contributed by atoms with Gasteiger partial charge < -0.3 is 33.2 Å². The van der Waals surface area contributed by atoms with Gasteiger partial charge >= 0.3 is 0 Å². The van der Waals surface area contributed by atoms with E-state index in [1.54, 1.807) is 0 Å². The van der Waals surface area contributed by atoms with Crippen molar-refractivity contribution in [2.45, 2.75) is 298 Å². The van der Waals surface area contributed by atoms with Gasteiger partial charge in [-0.25, -0.2) is 0 Å². The summed E-state index contributed by atoms with van der Waals surface area (Å²) in [5, 5.41) is 0. The van der Waals surface area contributed by atoms with Crippen molar-refractivity contribution in [2.75, 3.05) is 39.6 Å². The van der Waals surface area contributed by atoms with Gasteiger partial charge in [0.2, 0.25) is 0 Å². The molecule has 0 aromatic heterocycles. The van der Waals surface area contributed by atoms with Crippen LogP contribution in [0.15, 0.2) is 24.3 Å². The number of ether oxygens (including phenoxy) is 7. The van der Waals surface area contributed by atoms with Gasteiger partial charge in [0.25, 0.3) is 0 Å². The second-order valence-corrected chi connectivity index (χ2v) is 18.2. The van der Waals surface area contributed by atoms with Crippen LogP contribution in [-0.4, -0.2) is 64.8 Å². The number of hydrogen-bond donors (Lipinski definition) is 0. The second-order valence-electron chi connectivity index (χ2n) is 18.2. The molecule has 0 saturated heterocycles. The lowest BCUT2D eigenvalue weighted by atomic mass is 10.1. The van der Waals surface area contributed by atoms with E-state index in [9.17, 15) is 0 Å². The zero-order valence-corrected chi connectivity index (χ0v) is 43.2. The van der Waals surface area contributed by atoms with Crippen molar-refractivity contribution >= 4 is 0 Å². The largest absolute Gasteiger partial charge is 0.353 e. The molecule has 0 fully saturated rings. The third-order valence-corrected chi connectivity index (χ3v) is 11.7. The normalized spacial score (nSPS) is 13.2. The highest BCUT2D eigenvalue weighted by Crippen LogP contribution is 2.17. The van der Waals surface area contributed by atoms with Gasteiger partial charge in [-0.15, -0.1) is 0 Å². The van der Waals surface area contributed by atoms with Gasteiger partial charge in [0.1, 0.15) is 0 Å². The third kappa shape index (κ3) is 47.5. The summed E-state index contributed by atoms with van der Waals surface area (Å²) in [5.41, 5.74) is 0. The Labute approximate surface area is 393 Å². The van der Waals surface area contributed by atoms with E-state index in [-0.39, 0.29) is 12.6 Å². The smallest absolute Gasteiger partial charge is 0.180 e. The number of allylic oxidation sites excluding steroid dienone is 2. The van der Waals surface area contributed by atoms with E-state index >= 15 is 0 Å². The van der Waals surface area contributed by atoms with E-state index in [1.165, 1.54) is 141 Å². The molecule has 376 valence electrons. The molecule has 0 aromatic carbocycles. The van der Waals surface area contributed by atoms with Crippen molar-refractivity contribution in [3.8, 4) is 0 Å². The molecule has 0 aliphatic carbocycles. The lowest BCUT2D eigenvalue weighted by molar-refractivity contribution is -0.208. The van der Waals surface area contributed by atoms with E-state index in [0.717, 1.165) is 116 Å². The van der Waals surface area contributed by atoms with Crippen LogP contribution < -0.4 is 0 Å². The fraction of sp³-hybridized carbons (Fsp3) is 0.929. The molecule has 0 bridgehead atoms. The minimum Gasteiger partial charge on any atom is -0.353 e. The molecule has 2 atom stereocenters. The van der Waals surface area contributed by atoms with Crippen LogP contribution in [0.2, 0.25) is 0 Å². The summed E-state index contributed by atoms with van der Waals surface area (Å²) < 4.78 is 44.4. The molecular weight excluding hydrogens is 785 g/mol. The van der Waals surface area contributed by atoms with Crippen LogP contribution in [0.3, 0.4) is 0 Å². The Hall–Kier alpha value is -0.800. The summed E-state index contributed by atoms with van der Waals surface area (Å²) in [5.74, 6) is 0. The summed E-state index contributed by atoms with van der Waals surface area (Å²) in [4.78, 5) is 0. The molecule has 0 radical (unpaired) electrons. The van der Waals surface area contributed by atoms with E-state index in [1.807, 2.05) is 0 Å². The monoisotopic (exact) mass is 895 g/mol. The second kappa shape index (κ2) is 53.8. The van der Waals surface area contributed by atoms with Gasteiger partial charge in [0, 0.05) is 26.4 Å². The molecule has 0 spiro atoms. The Morgan fingerprint density at radius 2 is 0.524 bits per heavy atom. The first-order valence-electron chi connectivity index (χ1n) is 27.8. The van der Waals surface area contributed by atoms with Gasteiger partial charge in [-0.1, -0.05) is 195 Å². The predicted octanol–water partition coefficient (Wildman–Crippen LogP) is 17.7. The zero-order chi connectivity index (χ0) is 45.8. The fourth-order valence-electron chi connectivity index (χ4n) is 7.54. The maximum Gasteiger partial charge on any atom is 0.180 e. The molecule has 7 heteroatoms. The molecule has 0 aromatic rings. The van der Waals surface area contributed by atoms with Crippen LogP contribution in [0.4, 0.5) is 0 Å². The SMILES string of the molecule is CCCCCCCCOC(C=CCCCCC(OCCCCCC)OCCCCCC)OC(C=CCCCCC(OCCCCCC)OCCCCCC)OCCCCCCCC. The molecule has 0 N–H and O–H groups in total. The van der Waals surface area contributed by atoms with Crippen LogP contribution in [0.25, 0.3) is 0 Å². The molecule has 0 heterocycles. The van der Waals surface area contributed by atoms with Crippen LogP contribution in [0.5, 0.6) is 0 Å². The van der Waals surface area contributed by atoms with Crippen LogP contribution in [0, 0.1) is 0 Å². The van der Waals surface area contributed by atoms with Crippen molar-refractivity contribution in [2.24, 2.45) is 0 Å². The van der Waals surface area contributed by atoms with E-state index in [4.69, 9.17) is 33.2 Å². The summed E-state index contributed by atoms with van der Waals surface area (Å²) in [6.45, 7) is 18.2. The molecule has 0 rings (SSSR count). The van der Waals surface area contributed by atoms with Gasteiger partial charge in [0.05, 0.1) is 13.2 Å². The van der Waals surface area contributed by atoms with Crippen LogP contribution in [-0.2, 0) is 33.2 Å². The number of hydrogen-bond acceptors (Lipinski definition) is 7. The topological polar surface area (TPSA) is 64.6 Å². The zero-order valence-electron chi connectivity index (χ0n) is 43.2. The average molecular weight is 895 g/mol. The third-order valence-electron chi connectivity index (χ3n) is 11.7. The Kier molecular flexibility index (Phi) is 53.1. The highest BCUT2D eigenvalue weighted by atomic mass is 16.8. The molecule has 0 aliphatic heterocycles. The minimum absolute atomic E-state index is 0.0888. The molecular formula is C56H110O7. The lowest BCUT2D eigenvalue weighted by Gasteiger charge is -2.22. The predicted molar refractivity (Wildman–Crippen MR) is 270 cm³/mol. The van der Waals surface area contributed by atoms with Crippen molar-refractivity contribution in [3.05, 3.63) is 24.3 Å². The van der Waals surface area contributed by atoms with Crippen LogP contribution in [0.1, 0.15) is 273 Å². The van der Waals surface area contributed by atoms with Gasteiger partial charge in [-0.2, -0.15) is 0 Å². The Morgan fingerprint density at radius 1 is 0.270 bits per heavy atom. The average Bonchev–Trinajstić information content (AvgIpc) is 3.29. The molecule has 7 nitrogen and oxygen atoms in total. The maximum absolute atomic E-state index is 6.62. The Bertz CT molecular complexity index is 799. The number of unbranched alkanes of at least 4 members (excludes halogenated alkanes) is 26. The Morgan fingerprint density at radius 3 is 0.825 bits per heavy atom. The van der Waals surface area contributed by atoms with E-state index in [2.05, 4.69) is 65.8 Å². The van der Waals surface area contributed by atoms with Crippen molar-refractivity contribution in [1.29, 1.82) is 0 Å². The summed E-state index contributed by atoms with van der Waals surface area (Å²) in [6, 6.07) is 0. The first kappa shape index (κ1) is 62.2. The van der Waals surface area contributed by atoms with Crippen LogP contribution >= 0.6 is 0 Å². The maximum atomic E-state index is 6.62. The molecule has 0 amide bonds. The summed E-state index contributed by atoms with van der Waals surface area (Å²) >= 11 is 0. The van der Waals surface area contributed by atoms with Gasteiger partial charge in [-0.05, 0) is 102 Å². The van der Waals surface area contributed by atoms with E-state index in [0.29, 0.717) is 13.2 Å². The Balaban J connectivity index is 5.43. The lowest BCUT2D eigenvalue weighted by Crippen LogP contribution is -2.25. The minimum atomic E-state index is -0.435. The fourth-order valence-corrected chi connectivity index (χ4v) is 7.54. The quantitative estimate of drug-likeness (QED) is 0.0342. The first-order valence-corrected chi connectivity index (χ1v) is 27.8.